The topological polar surface area (TPSA) is 157 Å². The van der Waals surface area contributed by atoms with Crippen molar-refractivity contribution in [1.29, 1.82) is 0 Å². The summed E-state index contributed by atoms with van der Waals surface area (Å²) in [6, 6.07) is 2.45. The smallest absolute Gasteiger partial charge is 0.332 e. The molecule has 5 unspecified atom stereocenters. The number of aromatic hydroxyl groups is 1. The molecule has 2 amide bonds. The van der Waals surface area contributed by atoms with Crippen LogP contribution in [0, 0.1) is 5.92 Å². The van der Waals surface area contributed by atoms with Gasteiger partial charge in [0.15, 0.2) is 12.1 Å². The Labute approximate surface area is 228 Å². The molecule has 1 aliphatic heterocycles. The van der Waals surface area contributed by atoms with E-state index < -0.39 is 59.8 Å². The van der Waals surface area contributed by atoms with Gasteiger partial charge in [0.1, 0.15) is 18.0 Å². The minimum atomic E-state index is -1.40. The number of unbranched alkanes of at least 4 members (excludes halogenated alkanes) is 4. The SMILES string of the molecule is CCCCCCC(=O)OC1C(C)OC(=O)C(NC(=O)c2ccc(NC=O)cc2O)C(C)OC(=O)C1CCCC. The fourth-order valence-corrected chi connectivity index (χ4v) is 4.38. The maximum Gasteiger partial charge on any atom is 0.332 e. The Morgan fingerprint density at radius 1 is 1.00 bits per heavy atom. The number of carbonyl (C=O) groups excluding carboxylic acids is 5. The van der Waals surface area contributed by atoms with Crippen molar-refractivity contribution in [3.05, 3.63) is 23.8 Å². The lowest BCUT2D eigenvalue weighted by Crippen LogP contribution is -2.50. The van der Waals surface area contributed by atoms with E-state index in [1.807, 2.05) is 6.92 Å². The normalized spacial score (nSPS) is 23.3. The Kier molecular flexibility index (Phi) is 12.7. The van der Waals surface area contributed by atoms with Crippen LogP contribution in [0.25, 0.3) is 0 Å². The van der Waals surface area contributed by atoms with Gasteiger partial charge in [0.05, 0.1) is 11.5 Å². The molecule has 1 saturated heterocycles. The van der Waals surface area contributed by atoms with Crippen molar-refractivity contribution in [3.8, 4) is 5.75 Å². The minimum absolute atomic E-state index is 0.165. The van der Waals surface area contributed by atoms with Gasteiger partial charge in [-0.15, -0.1) is 0 Å². The summed E-state index contributed by atoms with van der Waals surface area (Å²) in [6.45, 7) is 7.02. The minimum Gasteiger partial charge on any atom is -0.507 e. The second-order valence-corrected chi connectivity index (χ2v) is 9.74. The van der Waals surface area contributed by atoms with Crippen LogP contribution in [0.2, 0.25) is 0 Å². The third kappa shape index (κ3) is 9.26. The molecule has 5 atom stereocenters. The van der Waals surface area contributed by atoms with Crippen LogP contribution < -0.4 is 10.6 Å². The molecule has 1 fully saturated rings. The average molecular weight is 549 g/mol. The first-order valence-corrected chi connectivity index (χ1v) is 13.6. The van der Waals surface area contributed by atoms with Gasteiger partial charge in [-0.05, 0) is 38.8 Å². The van der Waals surface area contributed by atoms with E-state index in [2.05, 4.69) is 17.6 Å². The lowest BCUT2D eigenvalue weighted by atomic mass is 9.92. The molecule has 0 saturated carbocycles. The Bertz CT molecular complexity index is 1010. The molecule has 11 heteroatoms. The van der Waals surface area contributed by atoms with Crippen LogP contribution in [0.4, 0.5) is 5.69 Å². The summed E-state index contributed by atoms with van der Waals surface area (Å²) in [5.41, 5.74) is 0.0995. The number of esters is 3. The van der Waals surface area contributed by atoms with Crippen LogP contribution in [0.15, 0.2) is 18.2 Å². The highest BCUT2D eigenvalue weighted by Gasteiger charge is 2.43. The molecule has 1 heterocycles. The fraction of sp³-hybridized carbons (Fsp3) is 0.607. The molecule has 0 radical (unpaired) electrons. The van der Waals surface area contributed by atoms with Crippen molar-refractivity contribution >= 4 is 35.9 Å². The monoisotopic (exact) mass is 548 g/mol. The van der Waals surface area contributed by atoms with Crippen molar-refractivity contribution in [1.82, 2.24) is 5.32 Å². The molecule has 3 N–H and O–H groups in total. The summed E-state index contributed by atoms with van der Waals surface area (Å²) < 4.78 is 16.9. The van der Waals surface area contributed by atoms with Gasteiger partial charge < -0.3 is 30.0 Å². The molecule has 11 nitrogen and oxygen atoms in total. The Morgan fingerprint density at radius 2 is 1.69 bits per heavy atom. The lowest BCUT2D eigenvalue weighted by molar-refractivity contribution is -0.175. The number of phenols is 1. The molecule has 1 aliphatic rings. The summed E-state index contributed by atoms with van der Waals surface area (Å²) in [4.78, 5) is 62.6. The highest BCUT2D eigenvalue weighted by atomic mass is 16.6. The second kappa shape index (κ2) is 15.7. The first-order valence-electron chi connectivity index (χ1n) is 13.6. The van der Waals surface area contributed by atoms with E-state index in [0.717, 1.165) is 25.7 Å². The van der Waals surface area contributed by atoms with Crippen LogP contribution in [0.5, 0.6) is 5.75 Å². The molecule has 2 rings (SSSR count). The molecule has 0 aliphatic carbocycles. The number of ether oxygens (including phenoxy) is 3. The Morgan fingerprint density at radius 3 is 2.33 bits per heavy atom. The second-order valence-electron chi connectivity index (χ2n) is 9.74. The van der Waals surface area contributed by atoms with Crippen LogP contribution in [0.3, 0.4) is 0 Å². The van der Waals surface area contributed by atoms with Gasteiger partial charge in [-0.2, -0.15) is 0 Å². The van der Waals surface area contributed by atoms with Crippen molar-refractivity contribution in [2.75, 3.05) is 5.32 Å². The van der Waals surface area contributed by atoms with E-state index in [1.54, 1.807) is 6.92 Å². The number of nitrogens with one attached hydrogen (secondary N) is 2. The highest BCUT2D eigenvalue weighted by molar-refractivity contribution is 5.99. The standard InChI is InChI=1S/C28H40N2O9/c1-5-7-9-10-12-23(33)39-25-18(4)38-28(36)24(17(3)37-27(35)21(25)11-8-6-2)30-26(34)20-14-13-19(29-16-31)15-22(20)32/h13-18,21,24-25,32H,5-12H2,1-4H3,(H,29,31)(H,30,34). The summed E-state index contributed by atoms with van der Waals surface area (Å²) in [7, 11) is 0. The number of carbonyl (C=O) groups is 5. The summed E-state index contributed by atoms with van der Waals surface area (Å²) in [6.07, 6.45) is 2.82. The number of benzene rings is 1. The zero-order valence-corrected chi connectivity index (χ0v) is 23.1. The predicted octanol–water partition coefficient (Wildman–Crippen LogP) is 3.62. The molecule has 216 valence electrons. The third-order valence-corrected chi connectivity index (χ3v) is 6.61. The number of anilines is 1. The van der Waals surface area contributed by atoms with E-state index >= 15 is 0 Å². The lowest BCUT2D eigenvalue weighted by Gasteiger charge is -2.29. The Hall–Kier alpha value is -3.63. The summed E-state index contributed by atoms with van der Waals surface area (Å²) >= 11 is 0. The van der Waals surface area contributed by atoms with Gasteiger partial charge in [0.25, 0.3) is 5.91 Å². The van der Waals surface area contributed by atoms with Gasteiger partial charge in [0.2, 0.25) is 6.41 Å². The van der Waals surface area contributed by atoms with Crippen molar-refractivity contribution < 1.29 is 43.3 Å². The maximum absolute atomic E-state index is 13.3. The van der Waals surface area contributed by atoms with E-state index in [9.17, 15) is 29.1 Å². The first-order chi connectivity index (χ1) is 18.6. The quantitative estimate of drug-likeness (QED) is 0.145. The van der Waals surface area contributed by atoms with E-state index in [-0.39, 0.29) is 17.7 Å². The van der Waals surface area contributed by atoms with Crippen molar-refractivity contribution in [2.45, 2.75) is 103 Å². The third-order valence-electron chi connectivity index (χ3n) is 6.61. The number of hydrogen-bond donors (Lipinski definition) is 3. The van der Waals surface area contributed by atoms with Gasteiger partial charge in [-0.25, -0.2) is 4.79 Å². The largest absolute Gasteiger partial charge is 0.507 e. The molecule has 0 spiro atoms. The fourth-order valence-electron chi connectivity index (χ4n) is 4.38. The summed E-state index contributed by atoms with van der Waals surface area (Å²) in [5.74, 6) is -4.12. The van der Waals surface area contributed by atoms with Gasteiger partial charge in [0, 0.05) is 18.2 Å². The average Bonchev–Trinajstić information content (AvgIpc) is 2.91. The van der Waals surface area contributed by atoms with Gasteiger partial charge >= 0.3 is 17.9 Å². The number of amides is 2. The molecule has 0 aromatic heterocycles. The molecular weight excluding hydrogens is 508 g/mol. The number of phenolic OH excluding ortho intramolecular Hbond substituents is 1. The zero-order chi connectivity index (χ0) is 28.9. The number of cyclic esters (lactones) is 2. The highest BCUT2D eigenvalue weighted by Crippen LogP contribution is 2.27. The molecule has 0 bridgehead atoms. The molecular formula is C28H40N2O9. The maximum atomic E-state index is 13.3. The number of hydrogen-bond acceptors (Lipinski definition) is 9. The molecule has 1 aromatic carbocycles. The molecule has 1 aromatic rings. The zero-order valence-electron chi connectivity index (χ0n) is 23.1. The van der Waals surface area contributed by atoms with E-state index in [0.29, 0.717) is 25.7 Å². The van der Waals surface area contributed by atoms with Crippen molar-refractivity contribution in [2.24, 2.45) is 5.92 Å². The Balaban J connectivity index is 2.25. The molecule has 39 heavy (non-hydrogen) atoms. The van der Waals surface area contributed by atoms with E-state index in [1.165, 1.54) is 25.1 Å². The predicted molar refractivity (Wildman–Crippen MR) is 142 cm³/mol. The van der Waals surface area contributed by atoms with Crippen molar-refractivity contribution in [3.63, 3.8) is 0 Å². The van der Waals surface area contributed by atoms with Crippen LogP contribution in [0.1, 0.15) is 89.4 Å². The van der Waals surface area contributed by atoms with Crippen LogP contribution in [-0.2, 0) is 33.4 Å². The first kappa shape index (κ1) is 31.6. The number of rotatable bonds is 13. The van der Waals surface area contributed by atoms with Gasteiger partial charge in [-0.3, -0.25) is 19.2 Å². The summed E-state index contributed by atoms with van der Waals surface area (Å²) in [5, 5.41) is 15.1. The van der Waals surface area contributed by atoms with Crippen LogP contribution in [-0.4, -0.2) is 59.7 Å². The van der Waals surface area contributed by atoms with E-state index in [4.69, 9.17) is 14.2 Å². The van der Waals surface area contributed by atoms with Crippen LogP contribution >= 0.6 is 0 Å². The van der Waals surface area contributed by atoms with Gasteiger partial charge in [-0.1, -0.05) is 46.0 Å².